The second-order valence-corrected chi connectivity index (χ2v) is 5.03. The molecule has 1 aromatic carbocycles. The molecule has 2 rings (SSSR count). The van der Waals surface area contributed by atoms with Gasteiger partial charge in [0.2, 0.25) is 0 Å². The van der Waals surface area contributed by atoms with E-state index in [9.17, 15) is 10.1 Å². The number of hydrogen-bond donors (Lipinski definition) is 1. The molecule has 0 bridgehead atoms. The Morgan fingerprint density at radius 1 is 1.48 bits per heavy atom. The van der Waals surface area contributed by atoms with Crippen molar-refractivity contribution in [3.8, 4) is 0 Å². The summed E-state index contributed by atoms with van der Waals surface area (Å²) in [5, 5.41) is 14.2. The fourth-order valence-corrected chi connectivity index (χ4v) is 2.22. The summed E-state index contributed by atoms with van der Waals surface area (Å²) in [4.78, 5) is 14.6. The van der Waals surface area contributed by atoms with Crippen molar-refractivity contribution in [2.75, 3.05) is 0 Å². The SMILES string of the molecule is CCCn1cncc1CNC(C)c1cccc([N+](=O)[O-])c1. The molecule has 0 aliphatic heterocycles. The van der Waals surface area contributed by atoms with Gasteiger partial charge in [0.05, 0.1) is 16.9 Å². The van der Waals surface area contributed by atoms with Crippen LogP contribution in [0.4, 0.5) is 5.69 Å². The van der Waals surface area contributed by atoms with Crippen LogP contribution in [-0.4, -0.2) is 14.5 Å². The third-order valence-electron chi connectivity index (χ3n) is 3.43. The van der Waals surface area contributed by atoms with Crippen molar-refractivity contribution in [3.05, 3.63) is 58.2 Å². The number of aromatic nitrogens is 2. The molecule has 1 aromatic heterocycles. The highest BCUT2D eigenvalue weighted by Gasteiger charge is 2.11. The third-order valence-corrected chi connectivity index (χ3v) is 3.43. The highest BCUT2D eigenvalue weighted by Crippen LogP contribution is 2.19. The Morgan fingerprint density at radius 3 is 3.00 bits per heavy atom. The zero-order chi connectivity index (χ0) is 15.2. The van der Waals surface area contributed by atoms with E-state index in [4.69, 9.17) is 0 Å². The maximum absolute atomic E-state index is 10.8. The minimum Gasteiger partial charge on any atom is -0.333 e. The molecule has 2 aromatic rings. The van der Waals surface area contributed by atoms with E-state index in [-0.39, 0.29) is 16.7 Å². The molecule has 1 unspecified atom stereocenters. The van der Waals surface area contributed by atoms with Gasteiger partial charge in [0.1, 0.15) is 0 Å². The molecule has 112 valence electrons. The van der Waals surface area contributed by atoms with Crippen molar-refractivity contribution in [2.24, 2.45) is 0 Å². The molecule has 0 saturated carbocycles. The van der Waals surface area contributed by atoms with E-state index in [1.165, 1.54) is 6.07 Å². The largest absolute Gasteiger partial charge is 0.333 e. The summed E-state index contributed by atoms with van der Waals surface area (Å²) >= 11 is 0. The molecule has 1 atom stereocenters. The molecule has 6 heteroatoms. The molecule has 0 aliphatic rings. The van der Waals surface area contributed by atoms with Crippen LogP contribution < -0.4 is 5.32 Å². The normalized spacial score (nSPS) is 12.3. The van der Waals surface area contributed by atoms with Gasteiger partial charge in [0.15, 0.2) is 0 Å². The number of aryl methyl sites for hydroxylation is 1. The molecular weight excluding hydrogens is 268 g/mol. The average Bonchev–Trinajstić information content (AvgIpc) is 2.92. The highest BCUT2D eigenvalue weighted by molar-refractivity contribution is 5.35. The van der Waals surface area contributed by atoms with E-state index in [1.807, 2.05) is 25.5 Å². The summed E-state index contributed by atoms with van der Waals surface area (Å²) in [6, 6.07) is 6.77. The standard InChI is InChI=1S/C15H20N4O2/c1-3-7-18-11-16-9-15(18)10-17-12(2)13-5-4-6-14(8-13)19(20)21/h4-6,8-9,11-12,17H,3,7,10H2,1-2H3. The maximum Gasteiger partial charge on any atom is 0.269 e. The van der Waals surface area contributed by atoms with Gasteiger partial charge < -0.3 is 9.88 Å². The lowest BCUT2D eigenvalue weighted by atomic mass is 10.1. The summed E-state index contributed by atoms with van der Waals surface area (Å²) in [7, 11) is 0. The zero-order valence-electron chi connectivity index (χ0n) is 12.3. The fourth-order valence-electron chi connectivity index (χ4n) is 2.22. The number of rotatable bonds is 7. The van der Waals surface area contributed by atoms with Crippen LogP contribution >= 0.6 is 0 Å². The number of hydrogen-bond acceptors (Lipinski definition) is 4. The third kappa shape index (κ3) is 3.88. The van der Waals surface area contributed by atoms with Gasteiger partial charge in [0.25, 0.3) is 5.69 Å². The van der Waals surface area contributed by atoms with Gasteiger partial charge in [-0.3, -0.25) is 10.1 Å². The summed E-state index contributed by atoms with van der Waals surface area (Å²) in [5.74, 6) is 0. The molecule has 0 radical (unpaired) electrons. The predicted molar refractivity (Wildman–Crippen MR) is 80.9 cm³/mol. The first-order valence-electron chi connectivity index (χ1n) is 7.08. The first-order valence-corrected chi connectivity index (χ1v) is 7.08. The summed E-state index contributed by atoms with van der Waals surface area (Å²) in [6.07, 6.45) is 4.74. The Balaban J connectivity index is 2.01. The summed E-state index contributed by atoms with van der Waals surface area (Å²) < 4.78 is 2.12. The van der Waals surface area contributed by atoms with E-state index in [0.29, 0.717) is 6.54 Å². The van der Waals surface area contributed by atoms with Crippen LogP contribution in [0.5, 0.6) is 0 Å². The van der Waals surface area contributed by atoms with Gasteiger partial charge >= 0.3 is 0 Å². The molecule has 0 spiro atoms. The molecule has 21 heavy (non-hydrogen) atoms. The second kappa shape index (κ2) is 6.99. The minimum atomic E-state index is -0.369. The van der Waals surface area contributed by atoms with Gasteiger partial charge in [0, 0.05) is 37.5 Å². The fraction of sp³-hybridized carbons (Fsp3) is 0.400. The Hall–Kier alpha value is -2.21. The lowest BCUT2D eigenvalue weighted by Gasteiger charge is -2.15. The number of nitrogens with one attached hydrogen (secondary N) is 1. The summed E-state index contributed by atoms with van der Waals surface area (Å²) in [6.45, 7) is 5.76. The first kappa shape index (κ1) is 15.2. The lowest BCUT2D eigenvalue weighted by molar-refractivity contribution is -0.384. The van der Waals surface area contributed by atoms with Crippen LogP contribution in [0.15, 0.2) is 36.8 Å². The van der Waals surface area contributed by atoms with Crippen molar-refractivity contribution < 1.29 is 4.92 Å². The first-order chi connectivity index (χ1) is 10.1. The van der Waals surface area contributed by atoms with Gasteiger partial charge in [-0.05, 0) is 18.9 Å². The number of nitro groups is 1. The van der Waals surface area contributed by atoms with Gasteiger partial charge in [-0.25, -0.2) is 4.98 Å². The van der Waals surface area contributed by atoms with E-state index in [0.717, 1.165) is 24.2 Å². The molecule has 0 amide bonds. The number of nitrogens with zero attached hydrogens (tertiary/aromatic N) is 3. The van der Waals surface area contributed by atoms with E-state index >= 15 is 0 Å². The maximum atomic E-state index is 10.8. The van der Waals surface area contributed by atoms with Crippen LogP contribution in [0.2, 0.25) is 0 Å². The van der Waals surface area contributed by atoms with E-state index in [2.05, 4.69) is 21.8 Å². The van der Waals surface area contributed by atoms with Gasteiger partial charge in [-0.15, -0.1) is 0 Å². The van der Waals surface area contributed by atoms with Crippen LogP contribution in [0.3, 0.4) is 0 Å². The van der Waals surface area contributed by atoms with E-state index < -0.39 is 0 Å². The lowest BCUT2D eigenvalue weighted by Crippen LogP contribution is -2.20. The Morgan fingerprint density at radius 2 is 2.29 bits per heavy atom. The van der Waals surface area contributed by atoms with Crippen molar-refractivity contribution in [1.29, 1.82) is 0 Å². The number of nitro benzene ring substituents is 1. The van der Waals surface area contributed by atoms with Crippen molar-refractivity contribution in [2.45, 2.75) is 39.4 Å². The quantitative estimate of drug-likeness (QED) is 0.627. The van der Waals surface area contributed by atoms with E-state index in [1.54, 1.807) is 12.1 Å². The van der Waals surface area contributed by atoms with Crippen molar-refractivity contribution >= 4 is 5.69 Å². The minimum absolute atomic E-state index is 0.0369. The predicted octanol–water partition coefficient (Wildman–Crippen LogP) is 3.05. The molecular formula is C15H20N4O2. The number of non-ortho nitro benzene ring substituents is 1. The topological polar surface area (TPSA) is 73.0 Å². The Kier molecular flexibility index (Phi) is 5.05. The zero-order valence-corrected chi connectivity index (χ0v) is 12.3. The Labute approximate surface area is 124 Å². The second-order valence-electron chi connectivity index (χ2n) is 5.03. The molecule has 0 fully saturated rings. The molecule has 0 saturated heterocycles. The monoisotopic (exact) mass is 288 g/mol. The molecule has 1 N–H and O–H groups in total. The highest BCUT2D eigenvalue weighted by atomic mass is 16.6. The number of benzene rings is 1. The van der Waals surface area contributed by atoms with Crippen molar-refractivity contribution in [3.63, 3.8) is 0 Å². The molecule has 6 nitrogen and oxygen atoms in total. The van der Waals surface area contributed by atoms with Crippen LogP contribution in [0, 0.1) is 10.1 Å². The smallest absolute Gasteiger partial charge is 0.269 e. The van der Waals surface area contributed by atoms with Gasteiger partial charge in [-0.2, -0.15) is 0 Å². The Bertz CT molecular complexity index is 609. The van der Waals surface area contributed by atoms with Crippen molar-refractivity contribution in [1.82, 2.24) is 14.9 Å². The number of imidazole rings is 1. The molecule has 1 heterocycles. The van der Waals surface area contributed by atoms with Crippen LogP contribution in [0.25, 0.3) is 0 Å². The van der Waals surface area contributed by atoms with Crippen LogP contribution in [-0.2, 0) is 13.1 Å². The van der Waals surface area contributed by atoms with Crippen LogP contribution in [0.1, 0.15) is 37.6 Å². The van der Waals surface area contributed by atoms with Gasteiger partial charge in [-0.1, -0.05) is 19.1 Å². The average molecular weight is 288 g/mol. The molecule has 0 aliphatic carbocycles. The summed E-state index contributed by atoms with van der Waals surface area (Å²) in [5.41, 5.74) is 2.15.